The SMILES string of the molecule is CCN1C(=S)NC(c2ccccn2)C1c1cccn1-c1ccc(C)cc1. The summed E-state index contributed by atoms with van der Waals surface area (Å²) in [4.78, 5) is 6.82. The summed E-state index contributed by atoms with van der Waals surface area (Å²) >= 11 is 5.62. The molecule has 4 nitrogen and oxygen atoms in total. The highest BCUT2D eigenvalue weighted by Crippen LogP contribution is 2.39. The molecule has 1 saturated heterocycles. The van der Waals surface area contributed by atoms with Gasteiger partial charge in [0.1, 0.15) is 0 Å². The van der Waals surface area contributed by atoms with Crippen molar-refractivity contribution in [2.24, 2.45) is 0 Å². The number of pyridine rings is 1. The number of hydrogen-bond donors (Lipinski definition) is 1. The topological polar surface area (TPSA) is 33.1 Å². The molecular formula is C21H22N4S. The number of aromatic nitrogens is 2. The van der Waals surface area contributed by atoms with Crippen molar-refractivity contribution in [3.05, 3.63) is 83.9 Å². The van der Waals surface area contributed by atoms with Gasteiger partial charge in [0.25, 0.3) is 0 Å². The van der Waals surface area contributed by atoms with Gasteiger partial charge in [0, 0.05) is 30.3 Å². The van der Waals surface area contributed by atoms with Crippen LogP contribution in [0.15, 0.2) is 67.0 Å². The van der Waals surface area contributed by atoms with Gasteiger partial charge in [-0.2, -0.15) is 0 Å². The van der Waals surface area contributed by atoms with Crippen LogP contribution >= 0.6 is 12.2 Å². The van der Waals surface area contributed by atoms with Crippen LogP contribution in [0.3, 0.4) is 0 Å². The standard InChI is InChI=1S/C21H22N4S/c1-3-24-20(19(23-21(24)26)17-7-4-5-13-22-17)18-8-6-14-25(18)16-11-9-15(2)10-12-16/h4-14,19-20H,3H2,1-2H3,(H,23,26). The predicted octanol–water partition coefficient (Wildman–Crippen LogP) is 4.17. The zero-order valence-corrected chi connectivity index (χ0v) is 15.8. The summed E-state index contributed by atoms with van der Waals surface area (Å²) in [5.41, 5.74) is 4.63. The van der Waals surface area contributed by atoms with Crippen LogP contribution in [0, 0.1) is 6.92 Å². The van der Waals surface area contributed by atoms with Crippen molar-refractivity contribution >= 4 is 17.3 Å². The van der Waals surface area contributed by atoms with Gasteiger partial charge in [0.15, 0.2) is 5.11 Å². The molecule has 0 radical (unpaired) electrons. The molecule has 0 amide bonds. The van der Waals surface area contributed by atoms with Crippen LogP contribution < -0.4 is 5.32 Å². The van der Waals surface area contributed by atoms with Crippen molar-refractivity contribution < 1.29 is 0 Å². The van der Waals surface area contributed by atoms with E-state index in [1.165, 1.54) is 11.3 Å². The van der Waals surface area contributed by atoms with Gasteiger partial charge in [0.05, 0.1) is 17.8 Å². The third kappa shape index (κ3) is 2.88. The fraction of sp³-hybridized carbons (Fsp3) is 0.238. The molecule has 132 valence electrons. The van der Waals surface area contributed by atoms with E-state index in [9.17, 15) is 0 Å². The van der Waals surface area contributed by atoms with Crippen molar-refractivity contribution in [3.8, 4) is 5.69 Å². The molecule has 1 aromatic carbocycles. The molecule has 2 aromatic heterocycles. The Hall–Kier alpha value is -2.66. The van der Waals surface area contributed by atoms with E-state index in [0.717, 1.165) is 23.0 Å². The second-order valence-electron chi connectivity index (χ2n) is 6.55. The average molecular weight is 363 g/mol. The van der Waals surface area contributed by atoms with E-state index in [1.54, 1.807) is 0 Å². The van der Waals surface area contributed by atoms with Gasteiger partial charge >= 0.3 is 0 Å². The maximum absolute atomic E-state index is 5.62. The maximum Gasteiger partial charge on any atom is 0.170 e. The molecule has 0 spiro atoms. The molecule has 0 bridgehead atoms. The fourth-order valence-corrected chi connectivity index (χ4v) is 4.01. The molecule has 1 fully saturated rings. The summed E-state index contributed by atoms with van der Waals surface area (Å²) < 4.78 is 2.25. The van der Waals surface area contributed by atoms with E-state index < -0.39 is 0 Å². The Morgan fingerprint density at radius 1 is 1.08 bits per heavy atom. The summed E-state index contributed by atoms with van der Waals surface area (Å²) in [7, 11) is 0. The van der Waals surface area contributed by atoms with Crippen LogP contribution in [0.25, 0.3) is 5.69 Å². The van der Waals surface area contributed by atoms with Crippen molar-refractivity contribution in [1.82, 2.24) is 19.8 Å². The number of rotatable bonds is 4. The molecular weight excluding hydrogens is 340 g/mol. The first-order valence-electron chi connectivity index (χ1n) is 8.91. The molecule has 2 unspecified atom stereocenters. The Labute approximate surface area is 159 Å². The maximum atomic E-state index is 5.62. The number of nitrogens with zero attached hydrogens (tertiary/aromatic N) is 3. The minimum atomic E-state index is 0.0303. The largest absolute Gasteiger partial charge is 0.352 e. The molecule has 0 aliphatic carbocycles. The molecule has 4 rings (SSSR count). The smallest absolute Gasteiger partial charge is 0.170 e. The summed E-state index contributed by atoms with van der Waals surface area (Å²) in [6.45, 7) is 5.09. The number of aryl methyl sites for hydroxylation is 1. The van der Waals surface area contributed by atoms with E-state index in [1.807, 2.05) is 18.3 Å². The number of nitrogens with one attached hydrogen (secondary N) is 1. The highest BCUT2D eigenvalue weighted by Gasteiger charge is 2.40. The van der Waals surface area contributed by atoms with Gasteiger partial charge in [-0.3, -0.25) is 4.98 Å². The Balaban J connectivity index is 1.80. The van der Waals surface area contributed by atoms with Crippen LogP contribution in [-0.2, 0) is 0 Å². The van der Waals surface area contributed by atoms with Crippen molar-refractivity contribution in [3.63, 3.8) is 0 Å². The number of hydrogen-bond acceptors (Lipinski definition) is 2. The molecule has 3 heterocycles. The Bertz CT molecular complexity index is 901. The monoisotopic (exact) mass is 362 g/mol. The molecule has 1 aliphatic heterocycles. The molecule has 26 heavy (non-hydrogen) atoms. The quantitative estimate of drug-likeness (QED) is 0.706. The van der Waals surface area contributed by atoms with Gasteiger partial charge in [-0.05, 0) is 62.5 Å². The highest BCUT2D eigenvalue weighted by molar-refractivity contribution is 7.80. The van der Waals surface area contributed by atoms with Crippen LogP contribution in [0.1, 0.15) is 36.0 Å². The lowest BCUT2D eigenvalue weighted by atomic mass is 10.0. The predicted molar refractivity (Wildman–Crippen MR) is 108 cm³/mol. The van der Waals surface area contributed by atoms with Crippen molar-refractivity contribution in [2.45, 2.75) is 25.9 Å². The minimum absolute atomic E-state index is 0.0303. The van der Waals surface area contributed by atoms with Gasteiger partial charge in [-0.15, -0.1) is 0 Å². The van der Waals surface area contributed by atoms with Crippen LogP contribution in [0.2, 0.25) is 0 Å². The van der Waals surface area contributed by atoms with Gasteiger partial charge in [-0.25, -0.2) is 0 Å². The van der Waals surface area contributed by atoms with Crippen molar-refractivity contribution in [1.29, 1.82) is 0 Å². The lowest BCUT2D eigenvalue weighted by Crippen LogP contribution is -2.30. The molecule has 1 aliphatic rings. The Morgan fingerprint density at radius 2 is 1.88 bits per heavy atom. The van der Waals surface area contributed by atoms with E-state index in [-0.39, 0.29) is 12.1 Å². The summed E-state index contributed by atoms with van der Waals surface area (Å²) in [5.74, 6) is 0. The summed E-state index contributed by atoms with van der Waals surface area (Å²) in [6.07, 6.45) is 3.95. The van der Waals surface area contributed by atoms with Gasteiger partial charge in [-0.1, -0.05) is 23.8 Å². The second kappa shape index (κ2) is 6.92. The first-order valence-corrected chi connectivity index (χ1v) is 9.32. The molecule has 3 aromatic rings. The first kappa shape index (κ1) is 16.8. The fourth-order valence-electron chi connectivity index (χ4n) is 3.64. The van der Waals surface area contributed by atoms with E-state index in [2.05, 4.69) is 82.3 Å². The minimum Gasteiger partial charge on any atom is -0.352 e. The zero-order valence-electron chi connectivity index (χ0n) is 15.0. The van der Waals surface area contributed by atoms with E-state index in [4.69, 9.17) is 12.2 Å². The lowest BCUT2D eigenvalue weighted by molar-refractivity contribution is 0.321. The zero-order chi connectivity index (χ0) is 18.1. The lowest BCUT2D eigenvalue weighted by Gasteiger charge is -2.28. The number of likely N-dealkylation sites (N-methyl/N-ethyl adjacent to an activating group) is 1. The second-order valence-corrected chi connectivity index (χ2v) is 6.94. The summed E-state index contributed by atoms with van der Waals surface area (Å²) in [6, 6.07) is 19.0. The molecule has 5 heteroatoms. The molecule has 1 N–H and O–H groups in total. The number of benzene rings is 1. The molecule has 2 atom stereocenters. The van der Waals surface area contributed by atoms with Crippen LogP contribution in [-0.4, -0.2) is 26.1 Å². The average Bonchev–Trinajstić information content (AvgIpc) is 3.27. The van der Waals surface area contributed by atoms with Crippen LogP contribution in [0.4, 0.5) is 0 Å². The Kier molecular flexibility index (Phi) is 4.47. The van der Waals surface area contributed by atoms with Gasteiger partial charge < -0.3 is 14.8 Å². The van der Waals surface area contributed by atoms with E-state index in [0.29, 0.717) is 0 Å². The first-order chi connectivity index (χ1) is 12.7. The van der Waals surface area contributed by atoms with Crippen molar-refractivity contribution in [2.75, 3.05) is 6.54 Å². The normalized spacial score (nSPS) is 19.6. The number of thiocarbonyl (C=S) groups is 1. The van der Waals surface area contributed by atoms with E-state index >= 15 is 0 Å². The highest BCUT2D eigenvalue weighted by atomic mass is 32.1. The van der Waals surface area contributed by atoms with Gasteiger partial charge in [0.2, 0.25) is 0 Å². The third-order valence-electron chi connectivity index (χ3n) is 4.93. The Morgan fingerprint density at radius 3 is 2.58 bits per heavy atom. The van der Waals surface area contributed by atoms with Crippen LogP contribution in [0.5, 0.6) is 0 Å². The molecule has 0 saturated carbocycles. The summed E-state index contributed by atoms with van der Waals surface area (Å²) in [5, 5.41) is 4.26. The third-order valence-corrected chi connectivity index (χ3v) is 5.29.